The first kappa shape index (κ1) is 17.1. The molecule has 0 amide bonds. The Hall–Kier alpha value is -2.78. The molecule has 1 heterocycles. The standard InChI is InChI=1S/C19H17N3O2S/c1-12-7-9-13(10-8-12)16-15(11-20)19(21)25-18(17(16)22(23)24)14-5-3-2-4-6-14/h2-10,16-18H,21H2,1H3/t16-,17-,18+/m1/s1. The molecule has 0 unspecified atom stereocenters. The predicted octanol–water partition coefficient (Wildman–Crippen LogP) is 3.91. The predicted molar refractivity (Wildman–Crippen MR) is 98.3 cm³/mol. The maximum Gasteiger partial charge on any atom is 0.240 e. The van der Waals surface area contributed by atoms with Crippen molar-refractivity contribution in [1.82, 2.24) is 0 Å². The van der Waals surface area contributed by atoms with Gasteiger partial charge in [0.2, 0.25) is 6.04 Å². The van der Waals surface area contributed by atoms with E-state index in [4.69, 9.17) is 5.73 Å². The van der Waals surface area contributed by atoms with Gasteiger partial charge >= 0.3 is 0 Å². The Labute approximate surface area is 150 Å². The largest absolute Gasteiger partial charge is 0.393 e. The van der Waals surface area contributed by atoms with Gasteiger partial charge in [-0.25, -0.2) is 0 Å². The Kier molecular flexibility index (Phi) is 4.77. The molecule has 2 aromatic carbocycles. The third-order valence-corrected chi connectivity index (χ3v) is 5.69. The van der Waals surface area contributed by atoms with Gasteiger partial charge in [-0.1, -0.05) is 71.9 Å². The number of nitrogens with two attached hydrogens (primary N) is 1. The minimum absolute atomic E-state index is 0.279. The first-order chi connectivity index (χ1) is 12.0. The third-order valence-electron chi connectivity index (χ3n) is 4.41. The number of hydrogen-bond donors (Lipinski definition) is 1. The quantitative estimate of drug-likeness (QED) is 0.668. The topological polar surface area (TPSA) is 93.0 Å². The van der Waals surface area contributed by atoms with Gasteiger partial charge in [0, 0.05) is 4.92 Å². The minimum Gasteiger partial charge on any atom is -0.393 e. The van der Waals surface area contributed by atoms with Crippen LogP contribution in [-0.2, 0) is 0 Å². The normalized spacial score (nSPS) is 23.1. The number of aryl methyl sites for hydroxylation is 1. The molecule has 3 rings (SSSR count). The summed E-state index contributed by atoms with van der Waals surface area (Å²) in [7, 11) is 0. The average Bonchev–Trinajstić information content (AvgIpc) is 2.62. The molecule has 0 saturated carbocycles. The fraction of sp³-hybridized carbons (Fsp3) is 0.211. The van der Waals surface area contributed by atoms with Crippen LogP contribution in [0.15, 0.2) is 65.2 Å². The Morgan fingerprint density at radius 2 is 1.76 bits per heavy atom. The summed E-state index contributed by atoms with van der Waals surface area (Å²) < 4.78 is 0. The van der Waals surface area contributed by atoms with Crippen LogP contribution in [0.2, 0.25) is 0 Å². The zero-order chi connectivity index (χ0) is 18.0. The van der Waals surface area contributed by atoms with E-state index in [1.165, 1.54) is 11.8 Å². The van der Waals surface area contributed by atoms with Gasteiger partial charge in [0.15, 0.2) is 0 Å². The van der Waals surface area contributed by atoms with Crippen LogP contribution in [0.5, 0.6) is 0 Å². The summed E-state index contributed by atoms with van der Waals surface area (Å²) in [6.07, 6.45) is 0. The minimum atomic E-state index is -0.961. The van der Waals surface area contributed by atoms with Gasteiger partial charge in [-0.2, -0.15) is 5.26 Å². The lowest BCUT2D eigenvalue weighted by Crippen LogP contribution is -2.37. The van der Waals surface area contributed by atoms with E-state index in [2.05, 4.69) is 6.07 Å². The van der Waals surface area contributed by atoms with Gasteiger partial charge in [-0.05, 0) is 18.1 Å². The summed E-state index contributed by atoms with van der Waals surface area (Å²) in [6.45, 7) is 1.95. The van der Waals surface area contributed by atoms with Crippen LogP contribution in [0.25, 0.3) is 0 Å². The number of nitrogens with zero attached hydrogens (tertiary/aromatic N) is 2. The molecule has 1 aliphatic heterocycles. The first-order valence-electron chi connectivity index (χ1n) is 7.84. The summed E-state index contributed by atoms with van der Waals surface area (Å²) in [5.74, 6) is -0.660. The SMILES string of the molecule is Cc1ccc([C@@H]2C(C#N)=C(N)S[C@@H](c3ccccc3)[C@@H]2[N+](=O)[O-])cc1. The Bertz CT molecular complexity index is 856. The van der Waals surface area contributed by atoms with Gasteiger partial charge in [-0.3, -0.25) is 10.1 Å². The zero-order valence-electron chi connectivity index (χ0n) is 13.6. The Morgan fingerprint density at radius 3 is 2.32 bits per heavy atom. The highest BCUT2D eigenvalue weighted by atomic mass is 32.2. The zero-order valence-corrected chi connectivity index (χ0v) is 14.4. The molecule has 0 aromatic heterocycles. The van der Waals surface area contributed by atoms with Crippen molar-refractivity contribution in [3.63, 3.8) is 0 Å². The van der Waals surface area contributed by atoms with E-state index in [0.717, 1.165) is 16.7 Å². The van der Waals surface area contributed by atoms with Crippen LogP contribution in [0, 0.1) is 28.4 Å². The molecule has 5 nitrogen and oxygen atoms in total. The second-order valence-corrected chi connectivity index (χ2v) is 7.19. The maximum absolute atomic E-state index is 12.0. The highest BCUT2D eigenvalue weighted by Crippen LogP contribution is 2.50. The molecule has 0 fully saturated rings. The van der Waals surface area contributed by atoms with E-state index in [1.807, 2.05) is 61.5 Å². The smallest absolute Gasteiger partial charge is 0.240 e. The summed E-state index contributed by atoms with van der Waals surface area (Å²) in [4.78, 5) is 11.7. The van der Waals surface area contributed by atoms with Gasteiger partial charge < -0.3 is 5.73 Å². The molecule has 0 radical (unpaired) electrons. The highest BCUT2D eigenvalue weighted by molar-refractivity contribution is 8.03. The van der Waals surface area contributed by atoms with Crippen molar-refractivity contribution in [2.75, 3.05) is 0 Å². The number of rotatable bonds is 3. The van der Waals surface area contributed by atoms with E-state index >= 15 is 0 Å². The number of thioether (sulfide) groups is 1. The second-order valence-electron chi connectivity index (χ2n) is 6.00. The molecule has 126 valence electrons. The summed E-state index contributed by atoms with van der Waals surface area (Å²) in [6, 6.07) is 17.9. The number of benzene rings is 2. The van der Waals surface area contributed by atoms with Crippen LogP contribution in [0.4, 0.5) is 0 Å². The summed E-state index contributed by atoms with van der Waals surface area (Å²) in [5.41, 5.74) is 9.05. The van der Waals surface area contributed by atoms with E-state index in [9.17, 15) is 15.4 Å². The van der Waals surface area contributed by atoms with E-state index < -0.39 is 17.2 Å². The second kappa shape index (κ2) is 6.99. The molecule has 0 spiro atoms. The fourth-order valence-electron chi connectivity index (χ4n) is 3.17. The van der Waals surface area contributed by atoms with Gasteiger partial charge in [0.05, 0.1) is 22.6 Å². The van der Waals surface area contributed by atoms with Crippen molar-refractivity contribution >= 4 is 11.8 Å². The van der Waals surface area contributed by atoms with Crippen molar-refractivity contribution in [3.05, 3.63) is 92.0 Å². The highest BCUT2D eigenvalue weighted by Gasteiger charge is 2.48. The molecule has 6 heteroatoms. The van der Waals surface area contributed by atoms with Gasteiger partial charge in [-0.15, -0.1) is 0 Å². The van der Waals surface area contributed by atoms with Gasteiger partial charge in [0.25, 0.3) is 0 Å². The molecule has 0 aliphatic carbocycles. The van der Waals surface area contributed by atoms with Crippen LogP contribution >= 0.6 is 11.8 Å². The van der Waals surface area contributed by atoms with E-state index in [0.29, 0.717) is 5.03 Å². The molecule has 2 N–H and O–H groups in total. The van der Waals surface area contributed by atoms with E-state index in [-0.39, 0.29) is 10.5 Å². The summed E-state index contributed by atoms with van der Waals surface area (Å²) >= 11 is 1.20. The molecule has 3 atom stereocenters. The molecular formula is C19H17N3O2S. The Balaban J connectivity index is 2.17. The molecule has 25 heavy (non-hydrogen) atoms. The van der Waals surface area contributed by atoms with E-state index in [1.54, 1.807) is 0 Å². The lowest BCUT2D eigenvalue weighted by atomic mass is 9.82. The van der Waals surface area contributed by atoms with Gasteiger partial charge in [0.1, 0.15) is 5.25 Å². The molecule has 0 bridgehead atoms. The molecule has 0 saturated heterocycles. The van der Waals surface area contributed by atoms with Crippen molar-refractivity contribution in [3.8, 4) is 6.07 Å². The maximum atomic E-state index is 12.0. The van der Waals surface area contributed by atoms with Crippen molar-refractivity contribution < 1.29 is 4.92 Å². The first-order valence-corrected chi connectivity index (χ1v) is 8.72. The lowest BCUT2D eigenvalue weighted by molar-refractivity contribution is -0.525. The van der Waals surface area contributed by atoms with Crippen LogP contribution in [0.1, 0.15) is 27.9 Å². The Morgan fingerprint density at radius 1 is 1.12 bits per heavy atom. The summed E-state index contributed by atoms with van der Waals surface area (Å²) in [5, 5.41) is 21.5. The van der Waals surface area contributed by atoms with Crippen molar-refractivity contribution in [2.24, 2.45) is 5.73 Å². The van der Waals surface area contributed by atoms with Crippen LogP contribution < -0.4 is 5.73 Å². The van der Waals surface area contributed by atoms with Crippen LogP contribution in [-0.4, -0.2) is 11.0 Å². The number of nitriles is 1. The van der Waals surface area contributed by atoms with Crippen molar-refractivity contribution in [1.29, 1.82) is 5.26 Å². The van der Waals surface area contributed by atoms with Crippen molar-refractivity contribution in [2.45, 2.75) is 24.1 Å². The lowest BCUT2D eigenvalue weighted by Gasteiger charge is -2.32. The third kappa shape index (κ3) is 3.24. The van der Waals surface area contributed by atoms with Crippen LogP contribution in [0.3, 0.4) is 0 Å². The fourth-order valence-corrected chi connectivity index (χ4v) is 4.43. The number of nitro groups is 1. The molecule has 2 aromatic rings. The molecular weight excluding hydrogens is 334 g/mol. The number of hydrogen-bond acceptors (Lipinski definition) is 5. The monoisotopic (exact) mass is 351 g/mol. The average molecular weight is 351 g/mol. The molecule has 1 aliphatic rings.